The van der Waals surface area contributed by atoms with Crippen molar-refractivity contribution in [2.75, 3.05) is 9.80 Å². The van der Waals surface area contributed by atoms with Crippen LogP contribution >= 0.6 is 0 Å². The Bertz CT molecular complexity index is 2990. The van der Waals surface area contributed by atoms with Gasteiger partial charge in [-0.05, 0) is 86.5 Å². The van der Waals surface area contributed by atoms with Gasteiger partial charge in [0.05, 0.1) is 0 Å². The van der Waals surface area contributed by atoms with Crippen molar-refractivity contribution in [3.8, 4) is 5.82 Å². The van der Waals surface area contributed by atoms with E-state index in [1.807, 2.05) is 6.20 Å². The predicted molar refractivity (Wildman–Crippen MR) is 276 cm³/mol. The van der Waals surface area contributed by atoms with Gasteiger partial charge in [-0.2, -0.15) is 6.07 Å². The third-order valence-corrected chi connectivity index (χ3v) is 13.0. The smallest absolute Gasteiger partial charge is 0.144 e. The fourth-order valence-electron chi connectivity index (χ4n) is 9.03. The van der Waals surface area contributed by atoms with Crippen molar-refractivity contribution in [2.45, 2.75) is 105 Å². The van der Waals surface area contributed by atoms with E-state index in [0.717, 1.165) is 61.7 Å². The first kappa shape index (κ1) is 46.8. The van der Waals surface area contributed by atoms with Crippen molar-refractivity contribution in [1.29, 1.82) is 0 Å². The van der Waals surface area contributed by atoms with E-state index >= 15 is 0 Å². The Labute approximate surface area is 408 Å². The Balaban J connectivity index is 0.00000592. The van der Waals surface area contributed by atoms with Crippen LogP contribution in [0.4, 0.5) is 34.1 Å². The molecule has 0 unspecified atom stereocenters. The normalized spacial score (nSPS) is 13.8. The number of quaternary nitrogens is 1. The van der Waals surface area contributed by atoms with Crippen LogP contribution in [0.5, 0.6) is 0 Å². The number of hydrogen-bond donors (Lipinski definition) is 0. The first-order valence-electron chi connectivity index (χ1n) is 23.0. The van der Waals surface area contributed by atoms with Crippen LogP contribution in [0.3, 0.4) is 0 Å². The summed E-state index contributed by atoms with van der Waals surface area (Å²) in [5, 5.41) is 2.29. The van der Waals surface area contributed by atoms with E-state index in [-0.39, 0.29) is 47.2 Å². The van der Waals surface area contributed by atoms with Crippen molar-refractivity contribution in [3.63, 3.8) is 0 Å². The third kappa shape index (κ3) is 8.57. The van der Waals surface area contributed by atoms with E-state index in [4.69, 9.17) is 4.98 Å². The predicted octanol–water partition coefficient (Wildman–Crippen LogP) is 16.2. The number of para-hydroxylation sites is 3. The number of anilines is 2. The Kier molecular flexibility index (Phi) is 12.2. The molecule has 0 radical (unpaired) electrons. The van der Waals surface area contributed by atoms with Gasteiger partial charge in [-0.15, -0.1) is 35.8 Å². The molecule has 0 atom stereocenters. The molecule has 1 aliphatic heterocycles. The van der Waals surface area contributed by atoms with E-state index in [0.29, 0.717) is 0 Å². The maximum atomic E-state index is 5.03. The van der Waals surface area contributed by atoms with Crippen molar-refractivity contribution >= 4 is 55.9 Å². The topological polar surface area (TPSA) is 24.3 Å². The third-order valence-electron chi connectivity index (χ3n) is 13.0. The molecule has 3 heterocycles. The Morgan fingerprint density at radius 3 is 1.62 bits per heavy atom. The fraction of sp³-hybridized carbons (Fsp3) is 0.267. The van der Waals surface area contributed by atoms with Gasteiger partial charge in [0, 0.05) is 74.1 Å². The number of benzene rings is 6. The van der Waals surface area contributed by atoms with Crippen molar-refractivity contribution < 1.29 is 21.1 Å². The number of hydrogen-bond acceptors (Lipinski definition) is 3. The average Bonchev–Trinajstić information content (AvgIpc) is 3.90. The van der Waals surface area contributed by atoms with Crippen molar-refractivity contribution in [3.05, 3.63) is 199 Å². The van der Waals surface area contributed by atoms with Crippen LogP contribution in [0.1, 0.15) is 105 Å². The number of pyridine rings is 1. The van der Waals surface area contributed by atoms with Crippen LogP contribution in [0, 0.1) is 18.8 Å². The van der Waals surface area contributed by atoms with Crippen LogP contribution in [0.15, 0.2) is 158 Å². The van der Waals surface area contributed by atoms with Crippen LogP contribution in [0.2, 0.25) is 0 Å². The number of rotatable bonds is 7. The molecule has 0 spiro atoms. The minimum Gasteiger partial charge on any atom is -0.500 e. The summed E-state index contributed by atoms with van der Waals surface area (Å²) in [6.45, 7) is 29.6. The second-order valence-corrected chi connectivity index (χ2v) is 21.8. The summed E-state index contributed by atoms with van der Waals surface area (Å²) in [5.41, 5.74) is 13.1. The first-order chi connectivity index (χ1) is 30.7. The molecule has 6 heteroatoms. The molecular formula is C60H63N5Pt-2. The van der Waals surface area contributed by atoms with E-state index in [9.17, 15) is 0 Å². The molecule has 0 saturated carbocycles. The molecule has 9 rings (SSSR count). The minimum atomic E-state index is -0.183. The largest absolute Gasteiger partial charge is 0.500 e. The fourth-order valence-corrected chi connectivity index (χ4v) is 9.03. The van der Waals surface area contributed by atoms with Gasteiger partial charge < -0.3 is 14.4 Å². The molecule has 0 fully saturated rings. The molecular weight excluding hydrogens is 986 g/mol. The summed E-state index contributed by atoms with van der Waals surface area (Å²) in [4.78, 5) is 9.51. The molecule has 66 heavy (non-hydrogen) atoms. The molecule has 0 saturated heterocycles. The Morgan fingerprint density at radius 1 is 0.485 bits per heavy atom. The molecule has 8 aromatic rings. The average molecular weight is 1050 g/mol. The minimum absolute atomic E-state index is 0. The second kappa shape index (κ2) is 17.2. The summed E-state index contributed by atoms with van der Waals surface area (Å²) >= 11 is 0. The molecule has 0 N–H and O–H groups in total. The molecule has 340 valence electrons. The van der Waals surface area contributed by atoms with Gasteiger partial charge in [0.25, 0.3) is 0 Å². The molecule has 5 nitrogen and oxygen atoms in total. The van der Waals surface area contributed by atoms with Gasteiger partial charge in [-0.1, -0.05) is 167 Å². The van der Waals surface area contributed by atoms with Crippen LogP contribution in [0.25, 0.3) is 27.6 Å². The summed E-state index contributed by atoms with van der Waals surface area (Å²) in [5.74, 6) is 0.877. The Hall–Kier alpha value is -5.74. The first-order valence-corrected chi connectivity index (χ1v) is 23.0. The molecule has 0 amide bonds. The maximum absolute atomic E-state index is 5.03. The zero-order chi connectivity index (χ0) is 46.1. The maximum Gasteiger partial charge on any atom is 0.144 e. The molecule has 0 aliphatic carbocycles. The summed E-state index contributed by atoms with van der Waals surface area (Å²) in [6.07, 6.45) is 6.28. The zero-order valence-corrected chi connectivity index (χ0v) is 42.9. The van der Waals surface area contributed by atoms with Gasteiger partial charge in [-0.3, -0.25) is 0 Å². The summed E-state index contributed by atoms with van der Waals surface area (Å²) < 4.78 is 2.54. The van der Waals surface area contributed by atoms with Gasteiger partial charge in [-0.25, -0.2) is 9.47 Å². The van der Waals surface area contributed by atoms with Crippen LogP contribution in [-0.4, -0.2) is 9.55 Å². The number of nitrogens with zero attached hydrogens (tertiary/aromatic N) is 5. The molecule has 6 aromatic carbocycles. The molecule has 0 bridgehead atoms. The van der Waals surface area contributed by atoms with E-state index < -0.39 is 0 Å². The standard InChI is InChI=1S/C60H63N5.Pt/c1-57(2,3)42-29-30-61-56(38-42)64-54-26-20-19-25-52(54)53-28-27-50(40-55(53)64)65(48-21-15-13-16-22-48,49-23-17-14-18-24-49)51-37-45(60(10,11)12)36-47(39-51)63-32-31-62(41-63)46-34-43(58(4,5)6)33-44(35-46)59(7,8)9;/h13-38,41H,1-12H3;/q-2;. The SMILES string of the molecule is CC(C)(C)c1cc(N2C=CN(c3cc(C(C)(C)C)cc(C(C)(C)C)c3)[CH-]2)[c-]c([N+](c2[c-]c3c(cc2)c2ccccc2n3-c2cc(C(C)(C)C)ccn2)(c2ccccc2)c2ccccc2)c1.[Pt]. The van der Waals surface area contributed by atoms with Gasteiger partial charge in [0.15, 0.2) is 0 Å². The van der Waals surface area contributed by atoms with E-state index in [2.05, 4.69) is 268 Å². The van der Waals surface area contributed by atoms with E-state index in [1.165, 1.54) is 22.3 Å². The second-order valence-electron chi connectivity index (χ2n) is 21.8. The van der Waals surface area contributed by atoms with E-state index in [1.54, 1.807) is 0 Å². The summed E-state index contributed by atoms with van der Waals surface area (Å²) in [7, 11) is 0. The Morgan fingerprint density at radius 2 is 1.03 bits per heavy atom. The molecule has 2 aromatic heterocycles. The van der Waals surface area contributed by atoms with Crippen molar-refractivity contribution in [2.24, 2.45) is 0 Å². The van der Waals surface area contributed by atoms with Crippen LogP contribution in [-0.2, 0) is 42.7 Å². The van der Waals surface area contributed by atoms with Gasteiger partial charge >= 0.3 is 0 Å². The zero-order valence-electron chi connectivity index (χ0n) is 40.6. The van der Waals surface area contributed by atoms with Gasteiger partial charge in [0.2, 0.25) is 0 Å². The van der Waals surface area contributed by atoms with Crippen molar-refractivity contribution in [1.82, 2.24) is 14.0 Å². The number of fused-ring (bicyclic) bond motifs is 3. The number of aromatic nitrogens is 2. The van der Waals surface area contributed by atoms with Gasteiger partial charge in [0.1, 0.15) is 17.2 Å². The molecule has 1 aliphatic rings. The monoisotopic (exact) mass is 1050 g/mol. The quantitative estimate of drug-likeness (QED) is 0.117. The van der Waals surface area contributed by atoms with Crippen LogP contribution < -0.4 is 14.3 Å². The summed E-state index contributed by atoms with van der Waals surface area (Å²) in [6, 6.07) is 59.2.